The number of rotatable bonds is 3. The summed E-state index contributed by atoms with van der Waals surface area (Å²) in [7, 11) is 0. The minimum atomic E-state index is -0.578. The highest BCUT2D eigenvalue weighted by Gasteiger charge is 2.53. The maximum absolute atomic E-state index is 9.28. The van der Waals surface area contributed by atoms with Crippen molar-refractivity contribution >= 4 is 0 Å². The van der Waals surface area contributed by atoms with Gasteiger partial charge in [-0.15, -0.1) is 0 Å². The van der Waals surface area contributed by atoms with Crippen molar-refractivity contribution in [1.29, 1.82) is 0 Å². The summed E-state index contributed by atoms with van der Waals surface area (Å²) < 4.78 is 11.5. The van der Waals surface area contributed by atoms with Gasteiger partial charge in [-0.3, -0.25) is 0 Å². The van der Waals surface area contributed by atoms with Crippen molar-refractivity contribution in [3.63, 3.8) is 0 Å². The van der Waals surface area contributed by atoms with Crippen molar-refractivity contribution in [1.82, 2.24) is 0 Å². The molecule has 0 saturated carbocycles. The van der Waals surface area contributed by atoms with E-state index in [0.29, 0.717) is 6.61 Å². The molecule has 0 aromatic heterocycles. The molecule has 2 aliphatic heterocycles. The highest BCUT2D eigenvalue weighted by Crippen LogP contribution is 2.44. The monoisotopic (exact) mass is 202 g/mol. The maximum atomic E-state index is 9.28. The fourth-order valence-corrected chi connectivity index (χ4v) is 2.57. The molecule has 2 aliphatic rings. The number of aliphatic hydroxyl groups excluding tert-OH is 2. The second kappa shape index (κ2) is 3.77. The van der Waals surface area contributed by atoms with Gasteiger partial charge in [0.2, 0.25) is 0 Å². The van der Waals surface area contributed by atoms with Crippen LogP contribution in [-0.2, 0) is 9.47 Å². The van der Waals surface area contributed by atoms with Crippen LogP contribution in [-0.4, -0.2) is 41.9 Å². The molecule has 4 unspecified atom stereocenters. The van der Waals surface area contributed by atoms with Gasteiger partial charge in [-0.2, -0.15) is 0 Å². The molecule has 4 atom stereocenters. The van der Waals surface area contributed by atoms with Gasteiger partial charge in [0.15, 0.2) is 5.79 Å². The first-order valence-electron chi connectivity index (χ1n) is 5.29. The molecule has 0 radical (unpaired) electrons. The van der Waals surface area contributed by atoms with Crippen LogP contribution in [0.1, 0.15) is 19.8 Å². The summed E-state index contributed by atoms with van der Waals surface area (Å²) in [6, 6.07) is 0. The zero-order valence-electron chi connectivity index (χ0n) is 8.48. The summed E-state index contributed by atoms with van der Waals surface area (Å²) in [6.45, 7) is 2.74. The quantitative estimate of drug-likeness (QED) is 0.683. The topological polar surface area (TPSA) is 58.9 Å². The summed E-state index contributed by atoms with van der Waals surface area (Å²) >= 11 is 0. The van der Waals surface area contributed by atoms with Gasteiger partial charge >= 0.3 is 0 Å². The second-order valence-corrected chi connectivity index (χ2v) is 4.19. The van der Waals surface area contributed by atoms with Crippen LogP contribution in [0.15, 0.2) is 0 Å². The van der Waals surface area contributed by atoms with Crippen LogP contribution < -0.4 is 0 Å². The van der Waals surface area contributed by atoms with Crippen LogP contribution in [0.4, 0.5) is 0 Å². The van der Waals surface area contributed by atoms with Gasteiger partial charge in [-0.25, -0.2) is 0 Å². The Kier molecular flexibility index (Phi) is 2.79. The van der Waals surface area contributed by atoms with Gasteiger partial charge in [0.05, 0.1) is 19.3 Å². The van der Waals surface area contributed by atoms with E-state index in [-0.39, 0.29) is 31.2 Å². The largest absolute Gasteiger partial charge is 0.396 e. The smallest absolute Gasteiger partial charge is 0.173 e. The Balaban J connectivity index is 2.16. The van der Waals surface area contributed by atoms with Gasteiger partial charge in [0, 0.05) is 18.4 Å². The van der Waals surface area contributed by atoms with Crippen molar-refractivity contribution in [2.45, 2.75) is 31.7 Å². The van der Waals surface area contributed by atoms with Crippen LogP contribution in [0.25, 0.3) is 0 Å². The molecule has 2 bridgehead atoms. The Morgan fingerprint density at radius 1 is 1.36 bits per heavy atom. The highest BCUT2D eigenvalue weighted by molar-refractivity contribution is 4.94. The van der Waals surface area contributed by atoms with E-state index >= 15 is 0 Å². The molecule has 2 heterocycles. The fourth-order valence-electron chi connectivity index (χ4n) is 2.57. The Bertz CT molecular complexity index is 208. The van der Waals surface area contributed by atoms with Crippen molar-refractivity contribution < 1.29 is 19.7 Å². The summed E-state index contributed by atoms with van der Waals surface area (Å²) in [5.41, 5.74) is 0. The number of aliphatic hydroxyl groups is 2. The standard InChI is InChI=1S/C10H18O4/c1-2-10-8(5-12)3-7(4-11)9(14-10)6-13-10/h7-9,11-12H,2-6H2,1H3. The molecule has 4 nitrogen and oxygen atoms in total. The average molecular weight is 202 g/mol. The van der Waals surface area contributed by atoms with Gasteiger partial charge in [-0.05, 0) is 12.8 Å². The summed E-state index contributed by atoms with van der Waals surface area (Å²) in [6.07, 6.45) is 1.57. The van der Waals surface area contributed by atoms with Gasteiger partial charge in [0.1, 0.15) is 0 Å². The Labute approximate surface area is 83.8 Å². The molecule has 0 aromatic rings. The molecule has 0 aliphatic carbocycles. The van der Waals surface area contributed by atoms with Crippen LogP contribution in [0, 0.1) is 11.8 Å². The van der Waals surface area contributed by atoms with Crippen molar-refractivity contribution in [2.24, 2.45) is 11.8 Å². The molecular weight excluding hydrogens is 184 g/mol. The van der Waals surface area contributed by atoms with Crippen molar-refractivity contribution in [3.05, 3.63) is 0 Å². The summed E-state index contributed by atoms with van der Waals surface area (Å²) in [4.78, 5) is 0. The van der Waals surface area contributed by atoms with E-state index in [2.05, 4.69) is 0 Å². The lowest BCUT2D eigenvalue weighted by molar-refractivity contribution is -0.244. The third-order valence-corrected chi connectivity index (χ3v) is 3.53. The van der Waals surface area contributed by atoms with Gasteiger partial charge in [-0.1, -0.05) is 6.92 Å². The molecule has 2 N–H and O–H groups in total. The average Bonchev–Trinajstić information content (AvgIpc) is 2.60. The van der Waals surface area contributed by atoms with E-state index < -0.39 is 5.79 Å². The summed E-state index contributed by atoms with van der Waals surface area (Å²) in [5.74, 6) is -0.455. The third-order valence-electron chi connectivity index (χ3n) is 3.53. The SMILES string of the molecule is CCC12OCC(O1)C(CO)CC2CO. The lowest BCUT2D eigenvalue weighted by atomic mass is 9.83. The number of hydrogen-bond donors (Lipinski definition) is 2. The molecule has 4 heteroatoms. The Morgan fingerprint density at radius 2 is 2.14 bits per heavy atom. The van der Waals surface area contributed by atoms with E-state index in [1.165, 1.54) is 0 Å². The Morgan fingerprint density at radius 3 is 2.71 bits per heavy atom. The van der Waals surface area contributed by atoms with E-state index in [4.69, 9.17) is 14.6 Å². The molecule has 2 saturated heterocycles. The summed E-state index contributed by atoms with van der Waals surface area (Å²) in [5, 5.41) is 18.4. The molecule has 14 heavy (non-hydrogen) atoms. The van der Waals surface area contributed by atoms with Crippen LogP contribution in [0.5, 0.6) is 0 Å². The van der Waals surface area contributed by atoms with Crippen molar-refractivity contribution in [3.8, 4) is 0 Å². The lowest BCUT2D eigenvalue weighted by Crippen LogP contribution is -2.47. The number of hydrogen-bond acceptors (Lipinski definition) is 4. The zero-order valence-corrected chi connectivity index (χ0v) is 8.48. The predicted molar refractivity (Wildman–Crippen MR) is 49.6 cm³/mol. The van der Waals surface area contributed by atoms with E-state index in [9.17, 15) is 5.11 Å². The molecule has 0 spiro atoms. The highest BCUT2D eigenvalue weighted by atomic mass is 16.7. The van der Waals surface area contributed by atoms with E-state index in [0.717, 1.165) is 12.8 Å². The van der Waals surface area contributed by atoms with E-state index in [1.807, 2.05) is 6.92 Å². The first-order chi connectivity index (χ1) is 6.75. The predicted octanol–water partition coefficient (Wildman–Crippen LogP) is 0.129. The van der Waals surface area contributed by atoms with Crippen LogP contribution in [0.3, 0.4) is 0 Å². The lowest BCUT2D eigenvalue weighted by Gasteiger charge is -2.40. The van der Waals surface area contributed by atoms with Gasteiger partial charge in [0.25, 0.3) is 0 Å². The number of ether oxygens (including phenoxy) is 2. The minimum Gasteiger partial charge on any atom is -0.396 e. The minimum absolute atomic E-state index is 0.00315. The van der Waals surface area contributed by atoms with Gasteiger partial charge < -0.3 is 19.7 Å². The zero-order chi connectivity index (χ0) is 10.2. The maximum Gasteiger partial charge on any atom is 0.173 e. The van der Waals surface area contributed by atoms with Crippen LogP contribution in [0.2, 0.25) is 0 Å². The fraction of sp³-hybridized carbons (Fsp3) is 1.00. The normalized spacial score (nSPS) is 46.9. The van der Waals surface area contributed by atoms with Crippen molar-refractivity contribution in [2.75, 3.05) is 19.8 Å². The molecule has 2 rings (SSSR count). The third kappa shape index (κ3) is 1.37. The number of fused-ring (bicyclic) bond motifs is 2. The molecular formula is C10H18O4. The van der Waals surface area contributed by atoms with E-state index in [1.54, 1.807) is 0 Å². The first-order valence-corrected chi connectivity index (χ1v) is 5.29. The Hall–Kier alpha value is -0.160. The molecule has 0 amide bonds. The van der Waals surface area contributed by atoms with Crippen LogP contribution >= 0.6 is 0 Å². The second-order valence-electron chi connectivity index (χ2n) is 4.19. The molecule has 2 fully saturated rings. The molecule has 0 aromatic carbocycles. The molecule has 82 valence electrons. The first kappa shape index (κ1) is 10.4.